The van der Waals surface area contributed by atoms with E-state index in [0.29, 0.717) is 0 Å². The fraction of sp³-hybridized carbons (Fsp3) is 1.00. The summed E-state index contributed by atoms with van der Waals surface area (Å²) >= 11 is -2.69. The van der Waals surface area contributed by atoms with Gasteiger partial charge < -0.3 is 4.55 Å². The quantitative estimate of drug-likeness (QED) is 0.366. The van der Waals surface area contributed by atoms with E-state index in [9.17, 15) is 21.6 Å². The molecule has 0 fully saturated rings. The van der Waals surface area contributed by atoms with Gasteiger partial charge in [-0.15, -0.1) is 0 Å². The lowest BCUT2D eigenvalue weighted by molar-refractivity contribution is -0.0404. The van der Waals surface area contributed by atoms with Gasteiger partial charge >= 0.3 is 12.5 Å². The molecule has 0 spiro atoms. The van der Waals surface area contributed by atoms with Gasteiger partial charge in [-0.1, -0.05) is 0 Å². The summed E-state index contributed by atoms with van der Waals surface area (Å²) in [7, 11) is -5.10. The molecular formula is CHF3INO3S2. The standard InChI is InChI=1S/CHF3INO3S2/c2-1(3,4)11(8,9)5-6-10-7/h7H. The molecule has 0 saturated carbocycles. The Labute approximate surface area is 73.0 Å². The fourth-order valence-electron chi connectivity index (χ4n) is 0.0888. The molecule has 0 aliphatic rings. The number of halogens is 4. The van der Waals surface area contributed by atoms with Crippen molar-refractivity contribution in [2.24, 2.45) is 2.55 Å². The normalized spacial score (nSPS) is 14.9. The van der Waals surface area contributed by atoms with Crippen molar-refractivity contribution in [2.45, 2.75) is 5.51 Å². The molecule has 0 rings (SSSR count). The molecular weight excluding hydrogens is 322 g/mol. The minimum absolute atomic E-state index is 0.261. The first-order valence-electron chi connectivity index (χ1n) is 1.79. The molecule has 0 aromatic heterocycles. The number of alkyl halides is 3. The molecule has 0 heterocycles. The van der Waals surface area contributed by atoms with Gasteiger partial charge in [-0.3, -0.25) is 0 Å². The van der Waals surface area contributed by atoms with E-state index < -0.39 is 32.2 Å². The summed E-state index contributed by atoms with van der Waals surface area (Å²) in [5.41, 5.74) is -5.25. The maximum Gasteiger partial charge on any atom is 0.507 e. The largest absolute Gasteiger partial charge is 0.507 e. The Kier molecular flexibility index (Phi) is 4.21. The van der Waals surface area contributed by atoms with Gasteiger partial charge in [0.25, 0.3) is 0 Å². The van der Waals surface area contributed by atoms with Gasteiger partial charge in [-0.25, -0.2) is 8.42 Å². The second kappa shape index (κ2) is 4.00. The van der Waals surface area contributed by atoms with Crippen LogP contribution >= 0.6 is 31.9 Å². The molecule has 0 aliphatic carbocycles. The van der Waals surface area contributed by atoms with Crippen molar-refractivity contribution in [3.63, 3.8) is 0 Å². The fourth-order valence-corrected chi connectivity index (χ4v) is 3.79. The lowest BCUT2D eigenvalue weighted by Crippen LogP contribution is -2.16. The third-order valence-corrected chi connectivity index (χ3v) is 6.48. The second-order valence-corrected chi connectivity index (χ2v) is 8.72. The van der Waals surface area contributed by atoms with E-state index in [4.69, 9.17) is 4.55 Å². The Bertz CT molecular complexity index is 244. The van der Waals surface area contributed by atoms with E-state index in [1.54, 1.807) is 0 Å². The lowest BCUT2D eigenvalue weighted by atomic mass is 11.6. The highest BCUT2D eigenvalue weighted by Crippen LogP contribution is 2.34. The summed E-state index contributed by atoms with van der Waals surface area (Å²) in [5.74, 6) is 0. The van der Waals surface area contributed by atoms with Crippen molar-refractivity contribution in [3.05, 3.63) is 0 Å². The number of rotatable bonds is 2. The minimum atomic E-state index is -5.25. The minimum Gasteiger partial charge on any atom is -0.311 e. The Morgan fingerprint density at radius 3 is 2.18 bits per heavy atom. The van der Waals surface area contributed by atoms with Crippen molar-refractivity contribution >= 4 is 38.9 Å². The molecule has 0 radical (unpaired) electrons. The summed E-state index contributed by atoms with van der Waals surface area (Å²) in [6.45, 7) is 0. The van der Waals surface area contributed by atoms with Crippen LogP contribution in [0, 0.1) is 0 Å². The maximum atomic E-state index is 11.4. The molecule has 10 heteroatoms. The zero-order valence-corrected chi connectivity index (χ0v) is 8.33. The first kappa shape index (κ1) is 11.6. The summed E-state index contributed by atoms with van der Waals surface area (Å²) < 4.78 is 65.1. The van der Waals surface area contributed by atoms with Crippen molar-refractivity contribution < 1.29 is 26.1 Å². The summed E-state index contributed by atoms with van der Waals surface area (Å²) in [5, 5.41) is 0. The smallest absolute Gasteiger partial charge is 0.311 e. The summed E-state index contributed by atoms with van der Waals surface area (Å²) in [4.78, 5) is 0. The molecule has 0 amide bonds. The molecule has 4 nitrogen and oxygen atoms in total. The summed E-state index contributed by atoms with van der Waals surface area (Å²) in [6, 6.07) is 0. The predicted molar refractivity (Wildman–Crippen MR) is 41.6 cm³/mol. The van der Waals surface area contributed by atoms with Crippen LogP contribution in [0.2, 0.25) is 0 Å². The van der Waals surface area contributed by atoms with Gasteiger partial charge in [0.05, 0.1) is 0 Å². The van der Waals surface area contributed by atoms with E-state index in [1.807, 2.05) is 0 Å². The van der Waals surface area contributed by atoms with Crippen LogP contribution in [0.3, 0.4) is 0 Å². The van der Waals surface area contributed by atoms with Crippen LogP contribution in [0.5, 0.6) is 0 Å². The van der Waals surface area contributed by atoms with Gasteiger partial charge in [-0.05, 0) is 0 Å². The van der Waals surface area contributed by atoms with Crippen LogP contribution in [-0.4, -0.2) is 18.5 Å². The number of nitrogens with zero attached hydrogens (tertiary/aromatic N) is 1. The molecule has 0 unspecified atom stereocenters. The molecule has 0 aromatic carbocycles. The van der Waals surface area contributed by atoms with E-state index in [2.05, 4.69) is 2.55 Å². The number of hydrogen-bond acceptors (Lipinski definition) is 5. The van der Waals surface area contributed by atoms with E-state index in [1.165, 1.54) is 0 Å². The van der Waals surface area contributed by atoms with Crippen molar-refractivity contribution in [2.75, 3.05) is 0 Å². The molecule has 0 aromatic rings. The molecule has 0 aliphatic heterocycles. The summed E-state index contributed by atoms with van der Waals surface area (Å²) in [6.07, 6.45) is 0. The highest BCUT2D eigenvalue weighted by molar-refractivity contribution is 14.2. The first-order valence-corrected chi connectivity index (χ1v) is 7.51. The molecule has 0 bridgehead atoms. The third-order valence-electron chi connectivity index (χ3n) is 0.426. The highest BCUT2D eigenvalue weighted by atomic mass is 127. The third kappa shape index (κ3) is 3.66. The number of hydrogen-bond donors (Lipinski definition) is 1. The average Bonchev–Trinajstić information content (AvgIpc) is 1.81. The Balaban J connectivity index is 4.64. The van der Waals surface area contributed by atoms with E-state index in [-0.39, 0.29) is 12.2 Å². The Morgan fingerprint density at radius 2 is 1.91 bits per heavy atom. The van der Waals surface area contributed by atoms with Crippen LogP contribution in [-0.2, 0) is 7.01 Å². The Morgan fingerprint density at radius 1 is 1.45 bits per heavy atom. The van der Waals surface area contributed by atoms with Crippen molar-refractivity contribution in [1.82, 2.24) is 0 Å². The average molecular weight is 323 g/mol. The van der Waals surface area contributed by atoms with Gasteiger partial charge in [0, 0.05) is 0 Å². The van der Waals surface area contributed by atoms with Crippen LogP contribution in [0.1, 0.15) is 0 Å². The van der Waals surface area contributed by atoms with Crippen LogP contribution in [0.4, 0.5) is 13.2 Å². The van der Waals surface area contributed by atoms with Gasteiger partial charge in [0.1, 0.15) is 12.2 Å². The molecule has 11 heavy (non-hydrogen) atoms. The molecule has 0 atom stereocenters. The zero-order chi connectivity index (χ0) is 9.12. The topological polar surface area (TPSA) is 66.7 Å². The molecule has 68 valence electrons. The van der Waals surface area contributed by atoms with Gasteiger partial charge in [0.15, 0.2) is 19.6 Å². The SMILES string of the molecule is O=S(=O)(I=NSO)C(F)(F)F. The van der Waals surface area contributed by atoms with E-state index in [0.717, 1.165) is 0 Å². The van der Waals surface area contributed by atoms with Gasteiger partial charge in [-0.2, -0.15) is 15.7 Å². The van der Waals surface area contributed by atoms with Gasteiger partial charge in [0.2, 0.25) is 0 Å². The highest BCUT2D eigenvalue weighted by Gasteiger charge is 2.45. The van der Waals surface area contributed by atoms with Crippen LogP contribution < -0.4 is 0 Å². The lowest BCUT2D eigenvalue weighted by Gasteiger charge is -1.99. The van der Waals surface area contributed by atoms with Crippen molar-refractivity contribution in [3.8, 4) is 0 Å². The second-order valence-electron chi connectivity index (χ2n) is 1.10. The van der Waals surface area contributed by atoms with Crippen LogP contribution in [0.25, 0.3) is 0 Å². The molecule has 0 saturated heterocycles. The van der Waals surface area contributed by atoms with Crippen LogP contribution in [0.15, 0.2) is 2.55 Å². The molecule has 1 N–H and O–H groups in total. The zero-order valence-electron chi connectivity index (χ0n) is 4.54. The predicted octanol–water partition coefficient (Wildman–Crippen LogP) is 2.11. The van der Waals surface area contributed by atoms with Crippen molar-refractivity contribution in [1.29, 1.82) is 0 Å². The maximum absolute atomic E-state index is 11.4. The van der Waals surface area contributed by atoms with E-state index >= 15 is 0 Å². The first-order chi connectivity index (χ1) is 4.81. The monoisotopic (exact) mass is 323 g/mol. The Hall–Kier alpha value is 0.580.